The minimum Gasteiger partial charge on any atom is -0.488 e. The monoisotopic (exact) mass is 609 g/mol. The molecule has 222 valence electrons. The summed E-state index contributed by atoms with van der Waals surface area (Å²) in [5.74, 6) is 1.53. The first kappa shape index (κ1) is 27.5. The van der Waals surface area contributed by atoms with E-state index >= 15 is 0 Å². The molecule has 0 radical (unpaired) electrons. The van der Waals surface area contributed by atoms with Gasteiger partial charge in [-0.3, -0.25) is 4.79 Å². The van der Waals surface area contributed by atoms with Crippen LogP contribution in [0.4, 0.5) is 11.5 Å². The number of hydrogen-bond donors (Lipinski definition) is 1. The Morgan fingerprint density at radius 1 is 1.19 bits per heavy atom. The van der Waals surface area contributed by atoms with Gasteiger partial charge < -0.3 is 19.7 Å². The Kier molecular flexibility index (Phi) is 6.29. The van der Waals surface area contributed by atoms with Crippen LogP contribution < -0.4 is 19.5 Å². The average molecular weight is 610 g/mol. The van der Waals surface area contributed by atoms with E-state index in [1.54, 1.807) is 12.1 Å². The molecule has 7 rings (SSSR count). The molecule has 11 heteroatoms. The molecule has 5 heterocycles. The van der Waals surface area contributed by atoms with E-state index in [1.807, 2.05) is 6.07 Å². The Labute approximate surface area is 250 Å². The van der Waals surface area contributed by atoms with Crippen molar-refractivity contribution in [3.63, 3.8) is 0 Å². The molecular formula is C31H37N4O5S2+. The molecule has 2 aromatic carbocycles. The van der Waals surface area contributed by atoms with Gasteiger partial charge in [0.2, 0.25) is 11.5 Å². The Bertz CT molecular complexity index is 1880. The molecule has 0 aliphatic carbocycles. The number of methoxy groups -OCH3 is 1. The summed E-state index contributed by atoms with van der Waals surface area (Å²) < 4.78 is 42.0. The molecule has 3 aliphatic heterocycles. The van der Waals surface area contributed by atoms with Crippen LogP contribution in [0.15, 0.2) is 29.2 Å². The molecule has 1 unspecified atom stereocenters. The smallest absolute Gasteiger partial charge is 0.349 e. The molecule has 0 bridgehead atoms. The molecule has 0 saturated carbocycles. The third-order valence-corrected chi connectivity index (χ3v) is 10.7. The second kappa shape index (κ2) is 9.60. The lowest BCUT2D eigenvalue weighted by molar-refractivity contribution is -0.684. The number of aromatic nitrogens is 2. The molecule has 4 aromatic rings. The van der Waals surface area contributed by atoms with Gasteiger partial charge in [0.25, 0.3) is 0 Å². The minimum atomic E-state index is -3.37. The van der Waals surface area contributed by atoms with E-state index in [1.165, 1.54) is 41.5 Å². The van der Waals surface area contributed by atoms with Crippen LogP contribution >= 0.6 is 11.3 Å². The number of ether oxygens (including phenoxy) is 2. The largest absolute Gasteiger partial charge is 0.488 e. The number of thiazole rings is 1. The third kappa shape index (κ3) is 4.35. The lowest BCUT2D eigenvalue weighted by Gasteiger charge is -2.38. The summed E-state index contributed by atoms with van der Waals surface area (Å²) in [5, 5.41) is 3.80. The zero-order valence-electron chi connectivity index (χ0n) is 24.7. The SMILES string of the molecule is COC(=O)CC1COc2c(cc3c4c2CCCN4CCC3)-c2c(NC(C)(C)C)n3c4ccc(S(C)(=O)=O)cc4sc3[n+]21. The summed E-state index contributed by atoms with van der Waals surface area (Å²) in [6, 6.07) is 7.32. The first-order valence-corrected chi connectivity index (χ1v) is 17.3. The maximum absolute atomic E-state index is 12.8. The van der Waals surface area contributed by atoms with Gasteiger partial charge in [0, 0.05) is 36.1 Å². The highest BCUT2D eigenvalue weighted by Crippen LogP contribution is 2.49. The number of nitrogens with one attached hydrogen (secondary N) is 1. The van der Waals surface area contributed by atoms with E-state index < -0.39 is 9.84 Å². The van der Waals surface area contributed by atoms with Crippen LogP contribution in [0.5, 0.6) is 5.75 Å². The van der Waals surface area contributed by atoms with Crippen molar-refractivity contribution < 1.29 is 27.3 Å². The molecular weight excluding hydrogens is 572 g/mol. The number of fused-ring (bicyclic) bond motifs is 8. The van der Waals surface area contributed by atoms with Gasteiger partial charge in [-0.25, -0.2) is 13.0 Å². The fourth-order valence-corrected chi connectivity index (χ4v) is 8.83. The number of hydrogen-bond acceptors (Lipinski definition) is 8. The highest BCUT2D eigenvalue weighted by atomic mass is 32.2. The maximum Gasteiger partial charge on any atom is 0.349 e. The van der Waals surface area contributed by atoms with E-state index in [-0.39, 0.29) is 28.9 Å². The van der Waals surface area contributed by atoms with Gasteiger partial charge in [0.05, 0.1) is 28.7 Å². The van der Waals surface area contributed by atoms with Crippen LogP contribution in [-0.4, -0.2) is 57.4 Å². The number of aryl methyl sites for hydroxylation is 1. The number of carbonyl (C=O) groups is 1. The third-order valence-electron chi connectivity index (χ3n) is 8.52. The molecule has 0 fully saturated rings. The van der Waals surface area contributed by atoms with Crippen molar-refractivity contribution in [2.24, 2.45) is 0 Å². The Morgan fingerprint density at radius 3 is 2.67 bits per heavy atom. The number of sulfone groups is 1. The standard InChI is InChI=1S/C31H37N4O5S2/c1-31(2,3)32-29-27-22-14-18-8-6-12-33-13-7-9-21(26(18)33)28(22)40-17-19(15-25(36)39-4)34(27)30-35(29)23-11-10-20(42(5,37)38)16-24(23)41-30/h10-11,14,16,19,32H,6-9,12-13,15,17H2,1-5H3/q+1. The number of carbonyl (C=O) groups excluding carboxylic acids is 1. The van der Waals surface area contributed by atoms with Crippen LogP contribution in [0, 0.1) is 0 Å². The van der Waals surface area contributed by atoms with Crippen LogP contribution in [0.3, 0.4) is 0 Å². The van der Waals surface area contributed by atoms with Crippen LogP contribution in [-0.2, 0) is 32.2 Å². The van der Waals surface area contributed by atoms with E-state index in [4.69, 9.17) is 9.47 Å². The van der Waals surface area contributed by atoms with Crippen molar-refractivity contribution in [2.45, 2.75) is 69.4 Å². The number of esters is 1. The van der Waals surface area contributed by atoms with Crippen molar-refractivity contribution in [1.82, 2.24) is 4.40 Å². The first-order chi connectivity index (χ1) is 19.9. The van der Waals surface area contributed by atoms with Gasteiger partial charge in [0.15, 0.2) is 15.4 Å². The number of anilines is 2. The quantitative estimate of drug-likeness (QED) is 0.259. The molecule has 1 N–H and O–H groups in total. The zero-order valence-corrected chi connectivity index (χ0v) is 26.4. The number of imidazole rings is 1. The molecule has 2 aromatic heterocycles. The van der Waals surface area contributed by atoms with Crippen molar-refractivity contribution in [2.75, 3.05) is 43.3 Å². The van der Waals surface area contributed by atoms with Gasteiger partial charge in [0.1, 0.15) is 18.4 Å². The molecule has 42 heavy (non-hydrogen) atoms. The Morgan fingerprint density at radius 2 is 1.95 bits per heavy atom. The summed E-state index contributed by atoms with van der Waals surface area (Å²) in [5.41, 5.74) is 6.65. The van der Waals surface area contributed by atoms with Crippen LogP contribution in [0.2, 0.25) is 0 Å². The van der Waals surface area contributed by atoms with E-state index in [0.717, 1.165) is 76.8 Å². The van der Waals surface area contributed by atoms with Crippen LogP contribution in [0.1, 0.15) is 57.2 Å². The van der Waals surface area contributed by atoms with Crippen molar-refractivity contribution in [1.29, 1.82) is 0 Å². The van der Waals surface area contributed by atoms with Crippen LogP contribution in [0.25, 0.3) is 26.4 Å². The van der Waals surface area contributed by atoms with Crippen molar-refractivity contribution in [3.05, 3.63) is 35.4 Å². The summed E-state index contributed by atoms with van der Waals surface area (Å²) in [4.78, 5) is 16.5. The average Bonchev–Trinajstić information content (AvgIpc) is 3.39. The highest BCUT2D eigenvalue weighted by Gasteiger charge is 2.43. The normalized spacial score (nSPS) is 18.2. The van der Waals surface area contributed by atoms with Crippen molar-refractivity contribution >= 4 is 53.8 Å². The van der Waals surface area contributed by atoms with Gasteiger partial charge >= 0.3 is 10.9 Å². The lowest BCUT2D eigenvalue weighted by atomic mass is 9.88. The lowest BCUT2D eigenvalue weighted by Crippen LogP contribution is -2.43. The number of rotatable bonds is 4. The summed E-state index contributed by atoms with van der Waals surface area (Å²) in [6.07, 6.45) is 5.59. The van der Waals surface area contributed by atoms with Gasteiger partial charge in [-0.2, -0.15) is 4.40 Å². The highest BCUT2D eigenvalue weighted by molar-refractivity contribution is 7.90. The Balaban J connectivity index is 1.59. The van der Waals surface area contributed by atoms with E-state index in [2.05, 4.69) is 46.0 Å². The molecule has 0 spiro atoms. The van der Waals surface area contributed by atoms with E-state index in [0.29, 0.717) is 6.61 Å². The molecule has 0 amide bonds. The second-order valence-corrected chi connectivity index (χ2v) is 15.8. The molecule has 0 saturated heterocycles. The zero-order chi connectivity index (χ0) is 29.6. The maximum atomic E-state index is 12.8. The second-order valence-electron chi connectivity index (χ2n) is 12.7. The van der Waals surface area contributed by atoms with E-state index in [9.17, 15) is 13.2 Å². The molecule has 9 nitrogen and oxygen atoms in total. The fourth-order valence-electron chi connectivity index (χ4n) is 6.85. The fraction of sp³-hybridized carbons (Fsp3) is 0.484. The summed E-state index contributed by atoms with van der Waals surface area (Å²) >= 11 is 1.53. The predicted molar refractivity (Wildman–Crippen MR) is 165 cm³/mol. The van der Waals surface area contributed by atoms with Gasteiger partial charge in [-0.15, -0.1) is 0 Å². The number of benzene rings is 2. The predicted octanol–water partition coefficient (Wildman–Crippen LogP) is 4.92. The minimum absolute atomic E-state index is 0.154. The summed E-state index contributed by atoms with van der Waals surface area (Å²) in [7, 11) is -1.96. The Hall–Kier alpha value is -3.31. The first-order valence-electron chi connectivity index (χ1n) is 14.6. The summed E-state index contributed by atoms with van der Waals surface area (Å²) in [6.45, 7) is 8.87. The number of nitrogens with zero attached hydrogens (tertiary/aromatic N) is 3. The molecule has 3 aliphatic rings. The van der Waals surface area contributed by atoms with Crippen molar-refractivity contribution in [3.8, 4) is 17.0 Å². The van der Waals surface area contributed by atoms with Gasteiger partial charge in [-0.05, 0) is 87.6 Å². The van der Waals surface area contributed by atoms with Gasteiger partial charge in [-0.1, -0.05) is 0 Å². The topological polar surface area (TPSA) is 93.2 Å². The molecule has 1 atom stereocenters.